The fraction of sp³-hybridized carbons (Fsp3) is 0.240. The predicted molar refractivity (Wildman–Crippen MR) is 127 cm³/mol. The van der Waals surface area contributed by atoms with Crippen molar-refractivity contribution in [1.82, 2.24) is 20.1 Å². The zero-order valence-corrected chi connectivity index (χ0v) is 19.3. The van der Waals surface area contributed by atoms with Crippen molar-refractivity contribution in [3.63, 3.8) is 0 Å². The Hall–Kier alpha value is -3.45. The minimum absolute atomic E-state index is 0.0594. The number of rotatable bonds is 8. The first-order valence-corrected chi connectivity index (χ1v) is 11.3. The first-order valence-electron chi connectivity index (χ1n) is 10.5. The molecule has 0 atom stereocenters. The number of aryl methyl sites for hydroxylation is 1. The molecule has 0 aliphatic carbocycles. The molecule has 2 heterocycles. The number of thiazole rings is 1. The van der Waals surface area contributed by atoms with Gasteiger partial charge in [0.2, 0.25) is 11.0 Å². The molecule has 0 saturated carbocycles. The summed E-state index contributed by atoms with van der Waals surface area (Å²) in [5.74, 6) is 0.738. The van der Waals surface area contributed by atoms with Gasteiger partial charge in [0.25, 0.3) is 0 Å². The summed E-state index contributed by atoms with van der Waals surface area (Å²) in [5, 5.41) is 10.4. The highest BCUT2D eigenvalue weighted by atomic mass is 32.1. The fourth-order valence-electron chi connectivity index (χ4n) is 3.56. The molecule has 0 radical (unpaired) electrons. The van der Waals surface area contributed by atoms with Crippen molar-refractivity contribution in [2.45, 2.75) is 33.2 Å². The molecule has 0 saturated heterocycles. The summed E-state index contributed by atoms with van der Waals surface area (Å²) in [6.45, 7) is 4.57. The number of nitrogens with zero attached hydrogens (tertiary/aromatic N) is 3. The van der Waals surface area contributed by atoms with Gasteiger partial charge in [0.1, 0.15) is 5.75 Å². The van der Waals surface area contributed by atoms with Crippen LogP contribution in [0.3, 0.4) is 0 Å². The summed E-state index contributed by atoms with van der Waals surface area (Å²) < 4.78 is 7.04. The van der Waals surface area contributed by atoms with E-state index in [2.05, 4.69) is 41.5 Å². The van der Waals surface area contributed by atoms with Crippen molar-refractivity contribution in [2.75, 3.05) is 7.11 Å². The number of hydrogen-bond acceptors (Lipinski definition) is 5. The highest BCUT2D eigenvalue weighted by Crippen LogP contribution is 2.23. The average Bonchev–Trinajstić information content (AvgIpc) is 3.38. The fourth-order valence-corrected chi connectivity index (χ4v) is 4.39. The summed E-state index contributed by atoms with van der Waals surface area (Å²) in [4.78, 5) is 17.1. The van der Waals surface area contributed by atoms with Crippen LogP contribution in [0.4, 0.5) is 0 Å². The molecule has 0 unspecified atom stereocenters. The maximum atomic E-state index is 12.4. The van der Waals surface area contributed by atoms with Gasteiger partial charge in [-0.3, -0.25) is 4.79 Å². The number of ether oxygens (including phenoxy) is 1. The monoisotopic (exact) mass is 446 g/mol. The molecule has 7 heteroatoms. The smallest absolute Gasteiger partial charge is 0.226 e. The van der Waals surface area contributed by atoms with Crippen LogP contribution in [0.2, 0.25) is 0 Å². The van der Waals surface area contributed by atoms with Crippen molar-refractivity contribution in [3.05, 3.63) is 93.7 Å². The number of amides is 1. The van der Waals surface area contributed by atoms with E-state index in [0.717, 1.165) is 39.9 Å². The van der Waals surface area contributed by atoms with Crippen molar-refractivity contribution in [3.8, 4) is 10.9 Å². The Kier molecular flexibility index (Phi) is 6.66. The second-order valence-electron chi connectivity index (χ2n) is 7.65. The third-order valence-corrected chi connectivity index (χ3v) is 6.24. The van der Waals surface area contributed by atoms with Gasteiger partial charge in [-0.05, 0) is 37.1 Å². The van der Waals surface area contributed by atoms with Crippen LogP contribution in [0.15, 0.2) is 60.0 Å². The molecule has 1 N–H and O–H groups in total. The predicted octanol–water partition coefficient (Wildman–Crippen LogP) is 4.40. The first-order chi connectivity index (χ1) is 15.5. The van der Waals surface area contributed by atoms with E-state index in [-0.39, 0.29) is 12.3 Å². The van der Waals surface area contributed by atoms with E-state index in [1.54, 1.807) is 7.11 Å². The minimum Gasteiger partial charge on any atom is -0.497 e. The Morgan fingerprint density at radius 1 is 1.06 bits per heavy atom. The zero-order valence-electron chi connectivity index (χ0n) is 18.5. The summed E-state index contributed by atoms with van der Waals surface area (Å²) in [6.07, 6.45) is 1.08. The Morgan fingerprint density at radius 3 is 2.53 bits per heavy atom. The zero-order chi connectivity index (χ0) is 22.5. The number of nitrogens with one attached hydrogen (secondary N) is 1. The largest absolute Gasteiger partial charge is 0.497 e. The molecule has 0 bridgehead atoms. The van der Waals surface area contributed by atoms with Gasteiger partial charge in [-0.2, -0.15) is 5.10 Å². The molecule has 2 aromatic heterocycles. The molecule has 1 amide bonds. The summed E-state index contributed by atoms with van der Waals surface area (Å²) in [7, 11) is 1.63. The van der Waals surface area contributed by atoms with Crippen LogP contribution < -0.4 is 10.1 Å². The van der Waals surface area contributed by atoms with E-state index in [1.165, 1.54) is 22.5 Å². The van der Waals surface area contributed by atoms with Gasteiger partial charge in [-0.1, -0.05) is 42.5 Å². The Morgan fingerprint density at radius 2 is 1.81 bits per heavy atom. The average molecular weight is 447 g/mol. The molecule has 4 rings (SSSR count). The molecular weight excluding hydrogens is 420 g/mol. The molecular formula is C25H26N4O2S. The molecule has 32 heavy (non-hydrogen) atoms. The highest BCUT2D eigenvalue weighted by molar-refractivity contribution is 7.12. The van der Waals surface area contributed by atoms with Crippen LogP contribution in [-0.4, -0.2) is 27.8 Å². The van der Waals surface area contributed by atoms with E-state index in [9.17, 15) is 4.79 Å². The number of carbonyl (C=O) groups is 1. The van der Waals surface area contributed by atoms with E-state index >= 15 is 0 Å². The lowest BCUT2D eigenvalue weighted by molar-refractivity contribution is -0.120. The lowest BCUT2D eigenvalue weighted by atomic mass is 10.0. The molecule has 0 fully saturated rings. The van der Waals surface area contributed by atoms with Crippen LogP contribution in [-0.2, 0) is 24.2 Å². The van der Waals surface area contributed by atoms with E-state index in [0.29, 0.717) is 6.54 Å². The number of carbonyl (C=O) groups excluding carboxylic acids is 1. The Labute approximate surface area is 191 Å². The molecule has 0 aliphatic rings. The third kappa shape index (κ3) is 5.06. The second-order valence-corrected chi connectivity index (χ2v) is 8.48. The van der Waals surface area contributed by atoms with E-state index in [4.69, 9.17) is 9.84 Å². The molecule has 0 spiro atoms. The molecule has 0 aliphatic heterocycles. The van der Waals surface area contributed by atoms with Gasteiger partial charge < -0.3 is 10.1 Å². The van der Waals surface area contributed by atoms with Crippen LogP contribution in [0.25, 0.3) is 5.13 Å². The van der Waals surface area contributed by atoms with Crippen LogP contribution >= 0.6 is 11.3 Å². The lowest BCUT2D eigenvalue weighted by Gasteiger charge is -2.05. The molecule has 4 aromatic rings. The van der Waals surface area contributed by atoms with Gasteiger partial charge in [0, 0.05) is 29.6 Å². The molecule has 164 valence electrons. The van der Waals surface area contributed by atoms with Gasteiger partial charge in [0.05, 0.1) is 24.9 Å². The van der Waals surface area contributed by atoms with Crippen LogP contribution in [0, 0.1) is 13.8 Å². The maximum absolute atomic E-state index is 12.4. The van der Waals surface area contributed by atoms with Crippen LogP contribution in [0.5, 0.6) is 5.75 Å². The summed E-state index contributed by atoms with van der Waals surface area (Å²) in [5.41, 5.74) is 6.31. The van der Waals surface area contributed by atoms with Crippen molar-refractivity contribution in [2.24, 2.45) is 0 Å². The third-order valence-electron chi connectivity index (χ3n) is 5.38. The quantitative estimate of drug-likeness (QED) is 0.435. The SMILES string of the molecule is COc1ccc(CNC(=O)Cc2csc(-n3nc(C)c(Cc4ccccc4)c3C)n2)cc1. The Balaban J connectivity index is 1.40. The van der Waals surface area contributed by atoms with Crippen LogP contribution in [0.1, 0.15) is 33.8 Å². The molecule has 2 aromatic carbocycles. The number of benzene rings is 2. The summed E-state index contributed by atoms with van der Waals surface area (Å²) >= 11 is 1.50. The van der Waals surface area contributed by atoms with Crippen molar-refractivity contribution >= 4 is 17.2 Å². The number of methoxy groups -OCH3 is 1. The van der Waals surface area contributed by atoms with Crippen molar-refractivity contribution < 1.29 is 9.53 Å². The number of aromatic nitrogens is 3. The topological polar surface area (TPSA) is 69.0 Å². The van der Waals surface area contributed by atoms with E-state index in [1.807, 2.05) is 47.3 Å². The second kappa shape index (κ2) is 9.78. The van der Waals surface area contributed by atoms with Gasteiger partial charge >= 0.3 is 0 Å². The van der Waals surface area contributed by atoms with Crippen molar-refractivity contribution in [1.29, 1.82) is 0 Å². The normalized spacial score (nSPS) is 10.8. The lowest BCUT2D eigenvalue weighted by Crippen LogP contribution is -2.24. The van der Waals surface area contributed by atoms with Gasteiger partial charge in [0.15, 0.2) is 0 Å². The minimum atomic E-state index is -0.0594. The molecule has 6 nitrogen and oxygen atoms in total. The maximum Gasteiger partial charge on any atom is 0.226 e. The first kappa shape index (κ1) is 21.8. The van der Waals surface area contributed by atoms with E-state index < -0.39 is 0 Å². The summed E-state index contributed by atoms with van der Waals surface area (Å²) in [6, 6.07) is 18.0. The Bertz CT molecular complexity index is 1200. The van der Waals surface area contributed by atoms with Gasteiger partial charge in [-0.15, -0.1) is 11.3 Å². The van der Waals surface area contributed by atoms with Gasteiger partial charge in [-0.25, -0.2) is 9.67 Å². The highest BCUT2D eigenvalue weighted by Gasteiger charge is 2.16. The standard InChI is InChI=1S/C25H26N4O2S/c1-17-23(13-19-7-5-4-6-8-19)18(2)29(28-17)25-27-21(16-32-25)14-24(30)26-15-20-9-11-22(31-3)12-10-20/h4-12,16H,13-15H2,1-3H3,(H,26,30). The number of hydrogen-bond donors (Lipinski definition) is 1.